The van der Waals surface area contributed by atoms with Gasteiger partial charge in [-0.25, -0.2) is 9.97 Å². The summed E-state index contributed by atoms with van der Waals surface area (Å²) in [5.74, 6) is 0.979. The average molecular weight is 298 g/mol. The Bertz CT molecular complexity index is 599. The van der Waals surface area contributed by atoms with E-state index in [1.54, 1.807) is 6.07 Å². The van der Waals surface area contributed by atoms with Crippen LogP contribution in [-0.4, -0.2) is 30.4 Å². The van der Waals surface area contributed by atoms with Gasteiger partial charge in [-0.05, 0) is 24.3 Å². The Morgan fingerprint density at radius 3 is 2.33 bits per heavy atom. The Morgan fingerprint density at radius 2 is 1.76 bits per heavy atom. The molecular formula is C13H13F3N4O. The van der Waals surface area contributed by atoms with Gasteiger partial charge >= 0.3 is 6.36 Å². The van der Waals surface area contributed by atoms with E-state index in [4.69, 9.17) is 0 Å². The Kier molecular flexibility index (Phi) is 4.15. The number of nitrogens with one attached hydrogen (secondary N) is 1. The number of benzene rings is 1. The summed E-state index contributed by atoms with van der Waals surface area (Å²) in [7, 11) is 3.69. The van der Waals surface area contributed by atoms with Crippen molar-refractivity contribution in [3.05, 3.63) is 36.7 Å². The van der Waals surface area contributed by atoms with Crippen LogP contribution in [0.5, 0.6) is 5.75 Å². The maximum absolute atomic E-state index is 12.0. The van der Waals surface area contributed by atoms with E-state index in [-0.39, 0.29) is 5.75 Å². The summed E-state index contributed by atoms with van der Waals surface area (Å²) < 4.78 is 39.9. The summed E-state index contributed by atoms with van der Waals surface area (Å²) in [6, 6.07) is 7.12. The van der Waals surface area contributed by atoms with Crippen LogP contribution in [0.2, 0.25) is 0 Å². The molecule has 8 heteroatoms. The van der Waals surface area contributed by atoms with Crippen molar-refractivity contribution in [2.24, 2.45) is 0 Å². The third-order valence-corrected chi connectivity index (χ3v) is 2.47. The van der Waals surface area contributed by atoms with Crippen molar-refractivity contribution < 1.29 is 17.9 Å². The molecule has 1 N–H and O–H groups in total. The summed E-state index contributed by atoms with van der Waals surface area (Å²) in [4.78, 5) is 9.92. The zero-order chi connectivity index (χ0) is 15.5. The molecule has 0 spiro atoms. The first-order chi connectivity index (χ1) is 9.83. The Hall–Kier alpha value is -2.51. The number of alkyl halides is 3. The number of ether oxygens (including phenoxy) is 1. The standard InChI is InChI=1S/C13H13F3N4O/c1-20(2)12-7-11(17-8-18-12)19-9-3-5-10(6-4-9)21-13(14,15)16/h3-8H,1-2H3,(H,17,18,19). The molecule has 21 heavy (non-hydrogen) atoms. The number of hydrogen-bond donors (Lipinski definition) is 1. The first-order valence-electron chi connectivity index (χ1n) is 5.96. The largest absolute Gasteiger partial charge is 0.573 e. The van der Waals surface area contributed by atoms with E-state index in [0.29, 0.717) is 17.3 Å². The fraction of sp³-hybridized carbons (Fsp3) is 0.231. The molecule has 0 atom stereocenters. The number of nitrogens with zero attached hydrogens (tertiary/aromatic N) is 3. The van der Waals surface area contributed by atoms with Gasteiger partial charge in [0.05, 0.1) is 0 Å². The number of aromatic nitrogens is 2. The quantitative estimate of drug-likeness (QED) is 0.939. The van der Waals surface area contributed by atoms with Gasteiger partial charge in [0, 0.05) is 25.8 Å². The minimum atomic E-state index is -4.69. The van der Waals surface area contributed by atoms with E-state index in [0.717, 1.165) is 0 Å². The highest BCUT2D eigenvalue weighted by molar-refractivity contribution is 5.59. The molecule has 1 aromatic heterocycles. The molecule has 0 bridgehead atoms. The summed E-state index contributed by atoms with van der Waals surface area (Å²) in [6.45, 7) is 0. The lowest BCUT2D eigenvalue weighted by atomic mass is 10.3. The third-order valence-electron chi connectivity index (χ3n) is 2.47. The molecule has 0 amide bonds. The molecule has 0 aliphatic heterocycles. The van der Waals surface area contributed by atoms with Crippen LogP contribution in [0.25, 0.3) is 0 Å². The highest BCUT2D eigenvalue weighted by Gasteiger charge is 2.30. The molecule has 1 heterocycles. The highest BCUT2D eigenvalue weighted by atomic mass is 19.4. The van der Waals surface area contributed by atoms with Crippen molar-refractivity contribution >= 4 is 17.3 Å². The van der Waals surface area contributed by atoms with Gasteiger partial charge < -0.3 is 15.0 Å². The van der Waals surface area contributed by atoms with Gasteiger partial charge in [-0.2, -0.15) is 0 Å². The van der Waals surface area contributed by atoms with Crippen LogP contribution >= 0.6 is 0 Å². The van der Waals surface area contributed by atoms with Crippen LogP contribution in [0, 0.1) is 0 Å². The van der Waals surface area contributed by atoms with Gasteiger partial charge in [-0.3, -0.25) is 0 Å². The monoisotopic (exact) mass is 298 g/mol. The minimum absolute atomic E-state index is 0.273. The van der Waals surface area contributed by atoms with Crippen molar-refractivity contribution in [1.82, 2.24) is 9.97 Å². The maximum Gasteiger partial charge on any atom is 0.573 e. The van der Waals surface area contributed by atoms with E-state index in [9.17, 15) is 13.2 Å². The van der Waals surface area contributed by atoms with Crippen molar-refractivity contribution in [2.45, 2.75) is 6.36 Å². The van der Waals surface area contributed by atoms with Crippen molar-refractivity contribution in [2.75, 3.05) is 24.3 Å². The zero-order valence-corrected chi connectivity index (χ0v) is 11.3. The molecule has 112 valence electrons. The molecule has 0 radical (unpaired) electrons. The van der Waals surface area contributed by atoms with Gasteiger partial charge in [0.2, 0.25) is 0 Å². The van der Waals surface area contributed by atoms with Crippen LogP contribution in [-0.2, 0) is 0 Å². The Balaban J connectivity index is 2.08. The summed E-state index contributed by atoms with van der Waals surface area (Å²) in [5, 5.41) is 2.97. The molecule has 0 aliphatic carbocycles. The van der Waals surface area contributed by atoms with Gasteiger partial charge in [-0.1, -0.05) is 0 Å². The van der Waals surface area contributed by atoms with E-state index in [2.05, 4.69) is 20.0 Å². The number of anilines is 3. The van der Waals surface area contributed by atoms with Crippen LogP contribution in [0.4, 0.5) is 30.5 Å². The van der Waals surface area contributed by atoms with Crippen LogP contribution < -0.4 is 15.0 Å². The lowest BCUT2D eigenvalue weighted by molar-refractivity contribution is -0.274. The topological polar surface area (TPSA) is 50.3 Å². The van der Waals surface area contributed by atoms with E-state index >= 15 is 0 Å². The summed E-state index contributed by atoms with van der Waals surface area (Å²) >= 11 is 0. The normalized spacial score (nSPS) is 11.1. The molecule has 0 unspecified atom stereocenters. The van der Waals surface area contributed by atoms with Gasteiger partial charge in [0.25, 0.3) is 0 Å². The third kappa shape index (κ3) is 4.51. The minimum Gasteiger partial charge on any atom is -0.406 e. The predicted octanol–water partition coefficient (Wildman–Crippen LogP) is 3.18. The molecule has 1 aromatic carbocycles. The molecule has 5 nitrogen and oxygen atoms in total. The second-order valence-electron chi connectivity index (χ2n) is 4.35. The zero-order valence-electron chi connectivity index (χ0n) is 11.3. The lowest BCUT2D eigenvalue weighted by Crippen LogP contribution is -2.17. The molecule has 2 rings (SSSR count). The van der Waals surface area contributed by atoms with Gasteiger partial charge in [0.1, 0.15) is 23.7 Å². The van der Waals surface area contributed by atoms with Gasteiger partial charge in [-0.15, -0.1) is 13.2 Å². The molecular weight excluding hydrogens is 285 g/mol. The highest BCUT2D eigenvalue weighted by Crippen LogP contribution is 2.25. The summed E-state index contributed by atoms with van der Waals surface area (Å²) in [6.07, 6.45) is -3.29. The van der Waals surface area contributed by atoms with Crippen LogP contribution in [0.3, 0.4) is 0 Å². The number of rotatable bonds is 4. The second-order valence-corrected chi connectivity index (χ2v) is 4.35. The molecule has 0 fully saturated rings. The average Bonchev–Trinajstić information content (AvgIpc) is 2.40. The number of hydrogen-bond acceptors (Lipinski definition) is 5. The first kappa shape index (κ1) is 14.9. The van der Waals surface area contributed by atoms with Crippen LogP contribution in [0.1, 0.15) is 0 Å². The smallest absolute Gasteiger partial charge is 0.406 e. The van der Waals surface area contributed by atoms with Crippen molar-refractivity contribution in [3.8, 4) is 5.75 Å². The number of halogens is 3. The fourth-order valence-corrected chi connectivity index (χ4v) is 1.55. The van der Waals surface area contributed by atoms with E-state index in [1.807, 2.05) is 19.0 Å². The first-order valence-corrected chi connectivity index (χ1v) is 5.96. The predicted molar refractivity (Wildman–Crippen MR) is 72.8 cm³/mol. The van der Waals surface area contributed by atoms with E-state index in [1.165, 1.54) is 30.6 Å². The fourth-order valence-electron chi connectivity index (χ4n) is 1.55. The Morgan fingerprint density at radius 1 is 1.10 bits per heavy atom. The maximum atomic E-state index is 12.0. The van der Waals surface area contributed by atoms with Crippen molar-refractivity contribution in [1.29, 1.82) is 0 Å². The Labute approximate surface area is 119 Å². The van der Waals surface area contributed by atoms with E-state index < -0.39 is 6.36 Å². The molecule has 2 aromatic rings. The SMILES string of the molecule is CN(C)c1cc(Nc2ccc(OC(F)(F)F)cc2)ncn1. The van der Waals surface area contributed by atoms with Crippen LogP contribution in [0.15, 0.2) is 36.7 Å². The molecule has 0 saturated heterocycles. The van der Waals surface area contributed by atoms with Crippen molar-refractivity contribution in [3.63, 3.8) is 0 Å². The lowest BCUT2D eigenvalue weighted by Gasteiger charge is -2.13. The molecule has 0 aliphatic rings. The molecule has 0 saturated carbocycles. The second kappa shape index (κ2) is 5.86. The summed E-state index contributed by atoms with van der Waals surface area (Å²) in [5.41, 5.74) is 0.591. The van der Waals surface area contributed by atoms with Gasteiger partial charge in [0.15, 0.2) is 0 Å².